The molecule has 0 bridgehead atoms. The summed E-state index contributed by atoms with van der Waals surface area (Å²) in [4.78, 5) is 4.48. The van der Waals surface area contributed by atoms with Crippen LogP contribution in [0.4, 0.5) is 0 Å². The Morgan fingerprint density at radius 1 is 1.38 bits per heavy atom. The van der Waals surface area contributed by atoms with Gasteiger partial charge < -0.3 is 11.1 Å². The van der Waals surface area contributed by atoms with Crippen LogP contribution in [0.1, 0.15) is 53.9 Å². The Bertz CT molecular complexity index is 257. The van der Waals surface area contributed by atoms with E-state index in [1.54, 1.807) is 0 Å². The molecule has 1 rings (SSSR count). The molecule has 0 spiro atoms. The number of nitrogens with one attached hydrogen (secondary N) is 1. The van der Waals surface area contributed by atoms with Gasteiger partial charge in [0.05, 0.1) is 0 Å². The smallest absolute Gasteiger partial charge is 0.189 e. The first-order chi connectivity index (χ1) is 7.22. The van der Waals surface area contributed by atoms with Gasteiger partial charge in [0.15, 0.2) is 5.96 Å². The summed E-state index contributed by atoms with van der Waals surface area (Å²) in [5.74, 6) is 1.34. The zero-order chi connectivity index (χ0) is 12.4. The highest BCUT2D eigenvalue weighted by atomic mass is 15.1. The van der Waals surface area contributed by atoms with Gasteiger partial charge in [0.25, 0.3) is 0 Å². The van der Waals surface area contributed by atoms with E-state index >= 15 is 0 Å². The van der Waals surface area contributed by atoms with E-state index in [0.29, 0.717) is 11.4 Å². The third-order valence-corrected chi connectivity index (χ3v) is 2.89. The number of nitrogens with two attached hydrogens (primary N) is 1. The molecule has 1 saturated carbocycles. The van der Waals surface area contributed by atoms with Crippen LogP contribution in [0, 0.1) is 11.3 Å². The van der Waals surface area contributed by atoms with E-state index in [0.717, 1.165) is 12.5 Å². The fourth-order valence-electron chi connectivity index (χ4n) is 2.15. The maximum absolute atomic E-state index is 5.86. The summed E-state index contributed by atoms with van der Waals surface area (Å²) in [5.41, 5.74) is 6.34. The lowest BCUT2D eigenvalue weighted by atomic mass is 9.94. The van der Waals surface area contributed by atoms with Crippen LogP contribution in [-0.4, -0.2) is 18.0 Å². The Morgan fingerprint density at radius 3 is 2.31 bits per heavy atom. The molecule has 3 N–H and O–H groups in total. The quantitative estimate of drug-likeness (QED) is 0.570. The minimum absolute atomic E-state index is 0.00233. The van der Waals surface area contributed by atoms with Gasteiger partial charge in [-0.25, -0.2) is 0 Å². The molecule has 0 unspecified atom stereocenters. The monoisotopic (exact) mass is 225 g/mol. The van der Waals surface area contributed by atoms with E-state index in [-0.39, 0.29) is 5.54 Å². The number of aliphatic imine (C=N–C) groups is 1. The normalized spacial score (nSPS) is 20.0. The zero-order valence-electron chi connectivity index (χ0n) is 11.4. The summed E-state index contributed by atoms with van der Waals surface area (Å²) < 4.78 is 0. The molecule has 0 saturated heterocycles. The van der Waals surface area contributed by atoms with E-state index in [1.807, 2.05) is 0 Å². The highest BCUT2D eigenvalue weighted by molar-refractivity contribution is 5.78. The fourth-order valence-corrected chi connectivity index (χ4v) is 2.15. The van der Waals surface area contributed by atoms with Crippen molar-refractivity contribution in [1.29, 1.82) is 0 Å². The molecular weight excluding hydrogens is 198 g/mol. The number of hydrogen-bond acceptors (Lipinski definition) is 1. The predicted molar refractivity (Wildman–Crippen MR) is 70.5 cm³/mol. The molecule has 0 aromatic rings. The molecule has 0 aromatic heterocycles. The van der Waals surface area contributed by atoms with Crippen LogP contribution < -0.4 is 11.1 Å². The molecule has 0 atom stereocenters. The molecule has 0 radical (unpaired) electrons. The molecule has 94 valence electrons. The summed E-state index contributed by atoms with van der Waals surface area (Å²) in [7, 11) is 0. The average molecular weight is 225 g/mol. The largest absolute Gasteiger partial charge is 0.370 e. The zero-order valence-corrected chi connectivity index (χ0v) is 11.4. The van der Waals surface area contributed by atoms with E-state index in [9.17, 15) is 0 Å². The second-order valence-electron chi connectivity index (χ2n) is 6.67. The van der Waals surface area contributed by atoms with E-state index in [1.165, 1.54) is 19.3 Å². The Labute approximate surface area is 99.9 Å². The lowest BCUT2D eigenvalue weighted by Crippen LogP contribution is -2.45. The van der Waals surface area contributed by atoms with Crippen molar-refractivity contribution in [2.24, 2.45) is 22.1 Å². The SMILES string of the molecule is CC(C)CC1(CN=C(N)NC(C)(C)C)CC1. The highest BCUT2D eigenvalue weighted by Crippen LogP contribution is 2.50. The first kappa shape index (κ1) is 13.3. The summed E-state index contributed by atoms with van der Waals surface area (Å²) in [5, 5.41) is 3.20. The number of guanidine groups is 1. The van der Waals surface area contributed by atoms with Gasteiger partial charge >= 0.3 is 0 Å². The van der Waals surface area contributed by atoms with Crippen LogP contribution in [0.15, 0.2) is 4.99 Å². The Kier molecular flexibility index (Phi) is 3.87. The molecule has 1 aliphatic carbocycles. The van der Waals surface area contributed by atoms with Crippen LogP contribution in [0.5, 0.6) is 0 Å². The summed E-state index contributed by atoms with van der Waals surface area (Å²) in [6.45, 7) is 11.7. The van der Waals surface area contributed by atoms with Crippen LogP contribution >= 0.6 is 0 Å². The van der Waals surface area contributed by atoms with Gasteiger partial charge in [0.1, 0.15) is 0 Å². The van der Waals surface area contributed by atoms with E-state index in [4.69, 9.17) is 5.73 Å². The fraction of sp³-hybridized carbons (Fsp3) is 0.923. The lowest BCUT2D eigenvalue weighted by Gasteiger charge is -2.22. The van der Waals surface area contributed by atoms with Crippen molar-refractivity contribution in [3.8, 4) is 0 Å². The van der Waals surface area contributed by atoms with Gasteiger partial charge in [-0.1, -0.05) is 13.8 Å². The maximum atomic E-state index is 5.86. The Balaban J connectivity index is 2.41. The number of nitrogens with zero attached hydrogens (tertiary/aromatic N) is 1. The lowest BCUT2D eigenvalue weighted by molar-refractivity contribution is 0.397. The standard InChI is InChI=1S/C13H27N3/c1-10(2)8-13(6-7-13)9-15-11(14)16-12(3,4)5/h10H,6-9H2,1-5H3,(H3,14,15,16). The van der Waals surface area contributed by atoms with Crippen molar-refractivity contribution in [2.45, 2.75) is 59.4 Å². The minimum Gasteiger partial charge on any atom is -0.370 e. The van der Waals surface area contributed by atoms with Crippen molar-refractivity contribution < 1.29 is 0 Å². The van der Waals surface area contributed by atoms with Crippen molar-refractivity contribution in [2.75, 3.05) is 6.54 Å². The third kappa shape index (κ3) is 4.86. The maximum Gasteiger partial charge on any atom is 0.189 e. The van der Waals surface area contributed by atoms with Crippen molar-refractivity contribution in [3.05, 3.63) is 0 Å². The molecular formula is C13H27N3. The topological polar surface area (TPSA) is 50.4 Å². The summed E-state index contributed by atoms with van der Waals surface area (Å²) in [6.07, 6.45) is 3.91. The van der Waals surface area contributed by atoms with Crippen LogP contribution in [0.3, 0.4) is 0 Å². The second-order valence-corrected chi connectivity index (χ2v) is 6.67. The Hall–Kier alpha value is -0.730. The molecule has 3 heteroatoms. The Morgan fingerprint density at radius 2 is 1.94 bits per heavy atom. The van der Waals surface area contributed by atoms with E-state index in [2.05, 4.69) is 44.9 Å². The first-order valence-corrected chi connectivity index (χ1v) is 6.31. The predicted octanol–water partition coefficient (Wildman–Crippen LogP) is 2.52. The summed E-state index contributed by atoms with van der Waals surface area (Å²) >= 11 is 0. The molecule has 0 heterocycles. The van der Waals surface area contributed by atoms with E-state index < -0.39 is 0 Å². The molecule has 3 nitrogen and oxygen atoms in total. The van der Waals surface area contributed by atoms with Gasteiger partial charge in [-0.2, -0.15) is 0 Å². The molecule has 1 fully saturated rings. The van der Waals surface area contributed by atoms with Gasteiger partial charge in [0, 0.05) is 12.1 Å². The van der Waals surface area contributed by atoms with Crippen molar-refractivity contribution >= 4 is 5.96 Å². The molecule has 1 aliphatic rings. The third-order valence-electron chi connectivity index (χ3n) is 2.89. The molecule has 16 heavy (non-hydrogen) atoms. The van der Waals surface area contributed by atoms with Crippen molar-refractivity contribution in [1.82, 2.24) is 5.32 Å². The number of hydrogen-bond donors (Lipinski definition) is 2. The highest BCUT2D eigenvalue weighted by Gasteiger charge is 2.42. The minimum atomic E-state index is 0.00233. The van der Waals surface area contributed by atoms with Gasteiger partial charge in [-0.3, -0.25) is 4.99 Å². The van der Waals surface area contributed by atoms with Gasteiger partial charge in [0.2, 0.25) is 0 Å². The van der Waals surface area contributed by atoms with Crippen LogP contribution in [0.25, 0.3) is 0 Å². The molecule has 0 aromatic carbocycles. The van der Waals surface area contributed by atoms with Gasteiger partial charge in [-0.05, 0) is 51.4 Å². The molecule has 0 amide bonds. The average Bonchev–Trinajstić information content (AvgIpc) is 2.78. The first-order valence-electron chi connectivity index (χ1n) is 6.31. The summed E-state index contributed by atoms with van der Waals surface area (Å²) in [6, 6.07) is 0. The molecule has 0 aliphatic heterocycles. The van der Waals surface area contributed by atoms with Crippen LogP contribution in [-0.2, 0) is 0 Å². The van der Waals surface area contributed by atoms with Crippen LogP contribution in [0.2, 0.25) is 0 Å². The van der Waals surface area contributed by atoms with Crippen molar-refractivity contribution in [3.63, 3.8) is 0 Å². The number of rotatable bonds is 4. The van der Waals surface area contributed by atoms with Gasteiger partial charge in [-0.15, -0.1) is 0 Å². The second kappa shape index (κ2) is 4.64.